The summed E-state index contributed by atoms with van der Waals surface area (Å²) in [7, 11) is 1.99. The Labute approximate surface area is 110 Å². The van der Waals surface area contributed by atoms with Crippen molar-refractivity contribution in [1.82, 2.24) is 5.32 Å². The molecule has 1 aliphatic rings. The van der Waals surface area contributed by atoms with Crippen LogP contribution in [0.4, 0.5) is 5.69 Å². The van der Waals surface area contributed by atoms with Crippen LogP contribution < -0.4 is 10.2 Å². The lowest BCUT2D eigenvalue weighted by molar-refractivity contribution is 0.166. The Morgan fingerprint density at radius 2 is 2.00 bits per heavy atom. The second-order valence-corrected chi connectivity index (χ2v) is 5.32. The molecule has 0 spiro atoms. The van der Waals surface area contributed by atoms with Crippen LogP contribution in [0.5, 0.6) is 0 Å². The maximum atomic E-state index is 9.74. The summed E-state index contributed by atoms with van der Waals surface area (Å²) >= 11 is 0. The monoisotopic (exact) mass is 248 g/mol. The molecule has 0 amide bonds. The fourth-order valence-corrected chi connectivity index (χ4v) is 2.57. The van der Waals surface area contributed by atoms with Crippen LogP contribution in [-0.2, 0) is 6.42 Å². The van der Waals surface area contributed by atoms with E-state index in [2.05, 4.69) is 42.3 Å². The smallest absolute Gasteiger partial charge is 0.0712 e. The fourth-order valence-electron chi connectivity index (χ4n) is 2.57. The molecule has 0 saturated carbocycles. The Bertz CT molecular complexity index is 417. The molecule has 1 aromatic carbocycles. The van der Waals surface area contributed by atoms with E-state index in [1.165, 1.54) is 16.8 Å². The lowest BCUT2D eigenvalue weighted by Gasteiger charge is -2.29. The molecule has 2 N–H and O–H groups in total. The van der Waals surface area contributed by atoms with Crippen molar-refractivity contribution in [2.24, 2.45) is 0 Å². The molecule has 18 heavy (non-hydrogen) atoms. The van der Waals surface area contributed by atoms with E-state index < -0.39 is 0 Å². The third-order valence-electron chi connectivity index (χ3n) is 4.16. The highest BCUT2D eigenvalue weighted by atomic mass is 16.3. The van der Waals surface area contributed by atoms with Crippen LogP contribution in [0.2, 0.25) is 0 Å². The van der Waals surface area contributed by atoms with Crippen molar-refractivity contribution < 1.29 is 5.11 Å². The topological polar surface area (TPSA) is 35.5 Å². The van der Waals surface area contributed by atoms with Gasteiger partial charge in [-0.15, -0.1) is 0 Å². The quantitative estimate of drug-likeness (QED) is 0.856. The standard InChI is InChI=1S/C15H24N2O/c1-10(16-4)13-5-6-15-14(9-13)7-8-17(15)11(2)12(3)18/h5-6,9-12,16,18H,7-8H2,1-4H3. The van der Waals surface area contributed by atoms with Gasteiger partial charge in [0, 0.05) is 18.3 Å². The molecule has 0 radical (unpaired) electrons. The van der Waals surface area contributed by atoms with Crippen molar-refractivity contribution in [3.05, 3.63) is 29.3 Å². The highest BCUT2D eigenvalue weighted by Crippen LogP contribution is 2.32. The van der Waals surface area contributed by atoms with Gasteiger partial charge in [-0.1, -0.05) is 12.1 Å². The zero-order valence-electron chi connectivity index (χ0n) is 11.8. The molecular formula is C15H24N2O. The first-order valence-corrected chi connectivity index (χ1v) is 6.79. The van der Waals surface area contributed by atoms with E-state index in [4.69, 9.17) is 0 Å². The van der Waals surface area contributed by atoms with Crippen LogP contribution in [-0.4, -0.2) is 30.8 Å². The van der Waals surface area contributed by atoms with Gasteiger partial charge in [0.15, 0.2) is 0 Å². The van der Waals surface area contributed by atoms with E-state index >= 15 is 0 Å². The Balaban J connectivity index is 2.25. The molecule has 0 aromatic heterocycles. The summed E-state index contributed by atoms with van der Waals surface area (Å²) in [5, 5.41) is 13.0. The number of hydrogen-bond acceptors (Lipinski definition) is 3. The lowest BCUT2D eigenvalue weighted by atomic mass is 10.0. The minimum absolute atomic E-state index is 0.179. The molecule has 0 bridgehead atoms. The molecule has 1 heterocycles. The first kappa shape index (κ1) is 13.4. The maximum Gasteiger partial charge on any atom is 0.0712 e. The first-order chi connectivity index (χ1) is 8.54. The molecule has 1 aromatic rings. The number of anilines is 1. The Hall–Kier alpha value is -1.06. The summed E-state index contributed by atoms with van der Waals surface area (Å²) in [5.74, 6) is 0. The number of hydrogen-bond donors (Lipinski definition) is 2. The average molecular weight is 248 g/mol. The van der Waals surface area contributed by atoms with Crippen LogP contribution in [0.3, 0.4) is 0 Å². The first-order valence-electron chi connectivity index (χ1n) is 6.79. The molecule has 0 fully saturated rings. The number of fused-ring (bicyclic) bond motifs is 1. The minimum Gasteiger partial charge on any atom is -0.391 e. The van der Waals surface area contributed by atoms with Crippen LogP contribution >= 0.6 is 0 Å². The molecule has 3 nitrogen and oxygen atoms in total. The third kappa shape index (κ3) is 2.38. The van der Waals surface area contributed by atoms with Crippen molar-refractivity contribution in [3.63, 3.8) is 0 Å². The number of benzene rings is 1. The maximum absolute atomic E-state index is 9.74. The van der Waals surface area contributed by atoms with E-state index in [0.29, 0.717) is 6.04 Å². The van der Waals surface area contributed by atoms with Crippen molar-refractivity contribution >= 4 is 5.69 Å². The van der Waals surface area contributed by atoms with Crippen molar-refractivity contribution in [2.45, 2.75) is 45.4 Å². The number of nitrogens with zero attached hydrogens (tertiary/aromatic N) is 1. The molecule has 0 saturated heterocycles. The van der Waals surface area contributed by atoms with Gasteiger partial charge in [0.1, 0.15) is 0 Å². The van der Waals surface area contributed by atoms with Gasteiger partial charge < -0.3 is 15.3 Å². The minimum atomic E-state index is -0.299. The van der Waals surface area contributed by atoms with Crippen LogP contribution in [0.15, 0.2) is 18.2 Å². The number of nitrogens with one attached hydrogen (secondary N) is 1. The second kappa shape index (κ2) is 5.29. The lowest BCUT2D eigenvalue weighted by Crippen LogP contribution is -2.39. The van der Waals surface area contributed by atoms with E-state index in [1.54, 1.807) is 0 Å². The normalized spacial score (nSPS) is 19.5. The molecular weight excluding hydrogens is 224 g/mol. The van der Waals surface area contributed by atoms with Gasteiger partial charge in [-0.2, -0.15) is 0 Å². The summed E-state index contributed by atoms with van der Waals surface area (Å²) in [6.07, 6.45) is 0.781. The summed E-state index contributed by atoms with van der Waals surface area (Å²) in [6, 6.07) is 7.25. The van der Waals surface area contributed by atoms with Crippen molar-refractivity contribution in [1.29, 1.82) is 0 Å². The van der Waals surface area contributed by atoms with Crippen molar-refractivity contribution in [3.8, 4) is 0 Å². The Morgan fingerprint density at radius 3 is 2.61 bits per heavy atom. The van der Waals surface area contributed by atoms with Gasteiger partial charge in [0.2, 0.25) is 0 Å². The van der Waals surface area contributed by atoms with E-state index in [0.717, 1.165) is 13.0 Å². The van der Waals surface area contributed by atoms with Gasteiger partial charge in [-0.25, -0.2) is 0 Å². The van der Waals surface area contributed by atoms with Crippen LogP contribution in [0, 0.1) is 0 Å². The Kier molecular flexibility index (Phi) is 3.93. The number of rotatable bonds is 4. The highest BCUT2D eigenvalue weighted by molar-refractivity contribution is 5.60. The molecule has 0 aliphatic carbocycles. The largest absolute Gasteiger partial charge is 0.391 e. The zero-order chi connectivity index (χ0) is 13.3. The molecule has 3 unspecified atom stereocenters. The molecule has 3 atom stereocenters. The number of aliphatic hydroxyl groups excluding tert-OH is 1. The second-order valence-electron chi connectivity index (χ2n) is 5.32. The van der Waals surface area contributed by atoms with Gasteiger partial charge in [0.25, 0.3) is 0 Å². The van der Waals surface area contributed by atoms with Gasteiger partial charge in [-0.3, -0.25) is 0 Å². The summed E-state index contributed by atoms with van der Waals surface area (Å²) in [4.78, 5) is 2.31. The highest BCUT2D eigenvalue weighted by Gasteiger charge is 2.26. The Morgan fingerprint density at radius 1 is 1.28 bits per heavy atom. The molecule has 1 aliphatic heterocycles. The van der Waals surface area contributed by atoms with E-state index in [1.807, 2.05) is 14.0 Å². The SMILES string of the molecule is CNC(C)c1ccc2c(c1)CCN2C(C)C(C)O. The third-order valence-corrected chi connectivity index (χ3v) is 4.16. The summed E-state index contributed by atoms with van der Waals surface area (Å²) in [5.41, 5.74) is 4.03. The summed E-state index contributed by atoms with van der Waals surface area (Å²) in [6.45, 7) is 7.13. The number of aliphatic hydroxyl groups is 1. The zero-order valence-corrected chi connectivity index (χ0v) is 11.8. The van der Waals surface area contributed by atoms with Gasteiger partial charge in [0.05, 0.1) is 12.1 Å². The van der Waals surface area contributed by atoms with E-state index in [9.17, 15) is 5.11 Å². The summed E-state index contributed by atoms with van der Waals surface area (Å²) < 4.78 is 0. The fraction of sp³-hybridized carbons (Fsp3) is 0.600. The molecule has 100 valence electrons. The van der Waals surface area contributed by atoms with Crippen LogP contribution in [0.1, 0.15) is 37.9 Å². The predicted octanol–water partition coefficient (Wildman–Crippen LogP) is 2.10. The van der Waals surface area contributed by atoms with Crippen LogP contribution in [0.25, 0.3) is 0 Å². The molecule has 3 heteroatoms. The van der Waals surface area contributed by atoms with E-state index in [-0.39, 0.29) is 12.1 Å². The predicted molar refractivity (Wildman–Crippen MR) is 76.1 cm³/mol. The van der Waals surface area contributed by atoms with Gasteiger partial charge >= 0.3 is 0 Å². The van der Waals surface area contributed by atoms with Crippen molar-refractivity contribution in [2.75, 3.05) is 18.5 Å². The van der Waals surface area contributed by atoms with Gasteiger partial charge in [-0.05, 0) is 51.4 Å². The average Bonchev–Trinajstić information content (AvgIpc) is 2.79. The molecule has 2 rings (SSSR count).